The number of fused-ring (bicyclic) bond motifs is 1. The van der Waals surface area contributed by atoms with Crippen molar-refractivity contribution in [3.8, 4) is 0 Å². The summed E-state index contributed by atoms with van der Waals surface area (Å²) < 4.78 is -1.03. The Balaban J connectivity index is 1.63. The first-order valence-electron chi connectivity index (χ1n) is 13.1. The Morgan fingerprint density at radius 3 is 2.54 bits per heavy atom. The molecule has 35 heavy (non-hydrogen) atoms. The highest BCUT2D eigenvalue weighted by atomic mass is 32.2. The van der Waals surface area contributed by atoms with Gasteiger partial charge in [-0.2, -0.15) is 0 Å². The van der Waals surface area contributed by atoms with Crippen LogP contribution in [0.25, 0.3) is 0 Å². The first kappa shape index (κ1) is 26.0. The number of likely N-dealkylation sites (tertiary alicyclic amines) is 1. The molecule has 3 aliphatic heterocycles. The van der Waals surface area contributed by atoms with Crippen LogP contribution in [0.3, 0.4) is 0 Å². The van der Waals surface area contributed by atoms with Crippen molar-refractivity contribution >= 4 is 29.5 Å². The predicted octanol–water partition coefficient (Wildman–Crippen LogP) is 2.86. The lowest BCUT2D eigenvalue weighted by Crippen LogP contribution is -2.56. The number of carbonyl (C=O) groups is 3. The third-order valence-corrected chi connectivity index (χ3v) is 10.2. The maximum absolute atomic E-state index is 14.0. The quantitative estimate of drug-likeness (QED) is 0.405. The highest BCUT2D eigenvalue weighted by Gasteiger charge is 2.77. The second-order valence-electron chi connectivity index (χ2n) is 10.4. The average molecular weight is 502 g/mol. The van der Waals surface area contributed by atoms with E-state index in [1.807, 2.05) is 37.3 Å². The molecule has 3 amide bonds. The Morgan fingerprint density at radius 1 is 1.14 bits per heavy atom. The van der Waals surface area contributed by atoms with E-state index < -0.39 is 33.4 Å². The van der Waals surface area contributed by atoms with E-state index in [1.165, 1.54) is 0 Å². The highest BCUT2D eigenvalue weighted by Crippen LogP contribution is 2.71. The summed E-state index contributed by atoms with van der Waals surface area (Å²) >= 11 is 1.67. The third kappa shape index (κ3) is 4.48. The highest BCUT2D eigenvalue weighted by molar-refractivity contribution is 8.02. The zero-order valence-corrected chi connectivity index (χ0v) is 21.9. The normalized spacial score (nSPS) is 31.9. The monoisotopic (exact) mass is 501 g/mol. The summed E-state index contributed by atoms with van der Waals surface area (Å²) in [5.74, 6) is -1.49. The fourth-order valence-electron chi connectivity index (χ4n) is 6.45. The van der Waals surface area contributed by atoms with Gasteiger partial charge >= 0.3 is 0 Å². The fraction of sp³-hybridized carbons (Fsp3) is 0.667. The molecule has 1 spiro atoms. The number of thioether (sulfide) groups is 1. The third-order valence-electron chi connectivity index (χ3n) is 8.21. The SMILES string of the molecule is CCCCCNC(=O)C1N([C@@H](CC)CO)C(=O)[C@@H]2[C@@H](C(=O)NCc3ccccc3)[C@@]3(C)CCC12S3. The summed E-state index contributed by atoms with van der Waals surface area (Å²) in [7, 11) is 0. The van der Waals surface area contributed by atoms with Crippen molar-refractivity contribution in [2.45, 2.75) is 87.4 Å². The number of amides is 3. The van der Waals surface area contributed by atoms with Gasteiger partial charge in [0.05, 0.1) is 29.2 Å². The van der Waals surface area contributed by atoms with Crippen LogP contribution in [0.4, 0.5) is 0 Å². The number of hydrogen-bond donors (Lipinski definition) is 3. The molecule has 0 radical (unpaired) electrons. The van der Waals surface area contributed by atoms with Crippen LogP contribution in [-0.4, -0.2) is 62.5 Å². The van der Waals surface area contributed by atoms with Gasteiger partial charge in [-0.1, -0.05) is 57.0 Å². The van der Waals surface area contributed by atoms with Crippen LogP contribution in [0.1, 0.15) is 64.9 Å². The minimum atomic E-state index is -0.669. The van der Waals surface area contributed by atoms with Crippen LogP contribution < -0.4 is 10.6 Å². The zero-order valence-electron chi connectivity index (χ0n) is 21.1. The Morgan fingerprint density at radius 2 is 1.89 bits per heavy atom. The molecule has 3 fully saturated rings. The van der Waals surface area contributed by atoms with Crippen molar-refractivity contribution < 1.29 is 19.5 Å². The number of nitrogens with zero attached hydrogens (tertiary/aromatic N) is 1. The minimum absolute atomic E-state index is 0.121. The van der Waals surface area contributed by atoms with Crippen LogP contribution in [-0.2, 0) is 20.9 Å². The van der Waals surface area contributed by atoms with E-state index in [0.717, 1.165) is 37.7 Å². The van der Waals surface area contributed by atoms with E-state index in [2.05, 4.69) is 24.5 Å². The number of aliphatic hydroxyl groups excluding tert-OH is 1. The molecule has 4 rings (SSSR count). The Labute approximate surface area is 212 Å². The van der Waals surface area contributed by atoms with E-state index in [0.29, 0.717) is 19.5 Å². The summed E-state index contributed by atoms with van der Waals surface area (Å²) in [6.07, 6.45) is 5.05. The lowest BCUT2D eigenvalue weighted by atomic mass is 9.66. The van der Waals surface area contributed by atoms with Crippen LogP contribution in [0.15, 0.2) is 30.3 Å². The average Bonchev–Trinajstić information content (AvgIpc) is 3.43. The summed E-state index contributed by atoms with van der Waals surface area (Å²) in [6, 6.07) is 8.64. The maximum Gasteiger partial charge on any atom is 0.244 e. The standard InChI is InChI=1S/C27H39N3O4S/c1-4-6-10-15-28-24(33)22-27-14-13-26(3,35-27)20(21(27)25(34)30(22)19(5-2)17-31)23(32)29-16-18-11-8-7-9-12-18/h7-9,11-12,19-22,31H,4-6,10,13-17H2,1-3H3,(H,28,33)(H,29,32)/t19-,20-,21-,22?,26+,27?/m0/s1. The fourth-order valence-corrected chi connectivity index (χ4v) is 8.79. The van der Waals surface area contributed by atoms with Gasteiger partial charge in [0.15, 0.2) is 0 Å². The van der Waals surface area contributed by atoms with Crippen LogP contribution >= 0.6 is 11.8 Å². The number of benzene rings is 1. The second-order valence-corrected chi connectivity index (χ2v) is 12.3. The topological polar surface area (TPSA) is 98.7 Å². The van der Waals surface area contributed by atoms with Crippen molar-refractivity contribution in [2.24, 2.45) is 11.8 Å². The van der Waals surface area contributed by atoms with Crippen LogP contribution in [0.5, 0.6) is 0 Å². The molecular weight excluding hydrogens is 462 g/mol. The van der Waals surface area contributed by atoms with Crippen molar-refractivity contribution in [1.29, 1.82) is 0 Å². The molecule has 3 saturated heterocycles. The molecule has 7 nitrogen and oxygen atoms in total. The van der Waals surface area contributed by atoms with E-state index in [4.69, 9.17) is 0 Å². The van der Waals surface area contributed by atoms with E-state index >= 15 is 0 Å². The molecule has 1 aromatic carbocycles. The van der Waals surface area contributed by atoms with Crippen molar-refractivity contribution in [3.63, 3.8) is 0 Å². The van der Waals surface area contributed by atoms with Gasteiger partial charge in [-0.25, -0.2) is 0 Å². The molecule has 1 aromatic rings. The molecule has 192 valence electrons. The number of nitrogens with one attached hydrogen (secondary N) is 2. The van der Waals surface area contributed by atoms with Gasteiger partial charge in [0.1, 0.15) is 6.04 Å². The smallest absolute Gasteiger partial charge is 0.244 e. The van der Waals surface area contributed by atoms with Gasteiger partial charge in [-0.05, 0) is 38.2 Å². The molecular formula is C27H39N3O4S. The summed E-state index contributed by atoms with van der Waals surface area (Å²) in [5.41, 5.74) is 1.01. The summed E-state index contributed by atoms with van der Waals surface area (Å²) in [6.45, 7) is 6.90. The Hall–Kier alpha value is -2.06. The molecule has 0 aromatic heterocycles. The number of carbonyl (C=O) groups excluding carboxylic acids is 3. The first-order chi connectivity index (χ1) is 16.8. The van der Waals surface area contributed by atoms with Gasteiger partial charge in [0.2, 0.25) is 17.7 Å². The molecule has 8 heteroatoms. The summed E-state index contributed by atoms with van der Waals surface area (Å²) in [5, 5.41) is 16.3. The van der Waals surface area contributed by atoms with Crippen molar-refractivity contribution in [1.82, 2.24) is 15.5 Å². The van der Waals surface area contributed by atoms with E-state index in [-0.39, 0.29) is 24.3 Å². The predicted molar refractivity (Wildman–Crippen MR) is 138 cm³/mol. The molecule has 6 atom stereocenters. The number of hydrogen-bond acceptors (Lipinski definition) is 5. The van der Waals surface area contributed by atoms with E-state index in [9.17, 15) is 19.5 Å². The van der Waals surface area contributed by atoms with Crippen LogP contribution in [0.2, 0.25) is 0 Å². The number of aliphatic hydroxyl groups is 1. The van der Waals surface area contributed by atoms with Gasteiger partial charge in [0, 0.05) is 17.8 Å². The minimum Gasteiger partial charge on any atom is -0.394 e. The Bertz CT molecular complexity index is 940. The van der Waals surface area contributed by atoms with Gasteiger partial charge in [-0.3, -0.25) is 14.4 Å². The second kappa shape index (κ2) is 10.5. The zero-order chi connectivity index (χ0) is 25.2. The molecule has 2 unspecified atom stereocenters. The summed E-state index contributed by atoms with van der Waals surface area (Å²) in [4.78, 5) is 42.8. The van der Waals surface area contributed by atoms with Gasteiger partial charge < -0.3 is 20.6 Å². The number of rotatable bonds is 11. The number of unbranched alkanes of at least 4 members (excludes halogenated alkanes) is 2. The molecule has 3 aliphatic rings. The lowest BCUT2D eigenvalue weighted by molar-refractivity contribution is -0.143. The van der Waals surface area contributed by atoms with E-state index in [1.54, 1.807) is 16.7 Å². The molecule has 2 bridgehead atoms. The lowest BCUT2D eigenvalue weighted by Gasteiger charge is -2.36. The molecule has 3 heterocycles. The van der Waals surface area contributed by atoms with Crippen molar-refractivity contribution in [3.05, 3.63) is 35.9 Å². The first-order valence-corrected chi connectivity index (χ1v) is 13.9. The van der Waals surface area contributed by atoms with Gasteiger partial charge in [0.25, 0.3) is 0 Å². The largest absolute Gasteiger partial charge is 0.394 e. The Kier molecular flexibility index (Phi) is 7.81. The van der Waals surface area contributed by atoms with Gasteiger partial charge in [-0.15, -0.1) is 11.8 Å². The van der Waals surface area contributed by atoms with Crippen LogP contribution in [0, 0.1) is 11.8 Å². The molecule has 3 N–H and O–H groups in total. The maximum atomic E-state index is 14.0. The van der Waals surface area contributed by atoms with Crippen molar-refractivity contribution in [2.75, 3.05) is 13.2 Å². The molecule has 0 aliphatic carbocycles. The molecule has 0 saturated carbocycles.